The topological polar surface area (TPSA) is 48.0 Å². The minimum atomic E-state index is -0.407. The third-order valence-corrected chi connectivity index (χ3v) is 4.58. The molecule has 134 valence electrons. The molecule has 0 aliphatic carbocycles. The zero-order valence-corrected chi connectivity index (χ0v) is 15.2. The van der Waals surface area contributed by atoms with Crippen LogP contribution in [0.25, 0.3) is 0 Å². The standard InChI is InChI=1S/C18H33NO4/c1-17(2,3)23-16(20)19-11-9-15(14-19)8-6-5-7-10-18(4)21-12-13-22-18/h15H,5-14H2,1-4H3/t15-/m1/s1. The summed E-state index contributed by atoms with van der Waals surface area (Å²) in [7, 11) is 0. The molecule has 0 aromatic carbocycles. The Labute approximate surface area is 140 Å². The van der Waals surface area contributed by atoms with Gasteiger partial charge in [0.05, 0.1) is 13.2 Å². The fourth-order valence-electron chi connectivity index (χ4n) is 3.32. The average molecular weight is 327 g/mol. The van der Waals surface area contributed by atoms with Crippen LogP contribution in [0.3, 0.4) is 0 Å². The van der Waals surface area contributed by atoms with Crippen molar-refractivity contribution >= 4 is 6.09 Å². The Hall–Kier alpha value is -0.810. The first-order valence-corrected chi connectivity index (χ1v) is 9.03. The molecule has 5 nitrogen and oxygen atoms in total. The largest absolute Gasteiger partial charge is 0.444 e. The number of rotatable bonds is 6. The van der Waals surface area contributed by atoms with Crippen LogP contribution >= 0.6 is 0 Å². The molecule has 2 heterocycles. The van der Waals surface area contributed by atoms with E-state index in [0.29, 0.717) is 5.92 Å². The van der Waals surface area contributed by atoms with Gasteiger partial charge in [0.15, 0.2) is 5.79 Å². The number of ether oxygens (including phenoxy) is 3. The molecule has 0 spiro atoms. The lowest BCUT2D eigenvalue weighted by molar-refractivity contribution is -0.147. The molecule has 1 amide bonds. The molecular weight excluding hydrogens is 294 g/mol. The van der Waals surface area contributed by atoms with Gasteiger partial charge in [0, 0.05) is 19.5 Å². The van der Waals surface area contributed by atoms with Crippen LogP contribution in [-0.4, -0.2) is 48.7 Å². The van der Waals surface area contributed by atoms with Crippen LogP contribution in [0.5, 0.6) is 0 Å². The SMILES string of the molecule is CC(C)(C)OC(=O)N1CC[C@@H](CCCCCC2(C)OCCO2)C1. The van der Waals surface area contributed by atoms with E-state index in [9.17, 15) is 4.79 Å². The number of carbonyl (C=O) groups is 1. The van der Waals surface area contributed by atoms with E-state index in [0.717, 1.165) is 45.6 Å². The van der Waals surface area contributed by atoms with E-state index in [2.05, 4.69) is 0 Å². The van der Waals surface area contributed by atoms with Crippen molar-refractivity contribution in [1.29, 1.82) is 0 Å². The molecule has 0 saturated carbocycles. The van der Waals surface area contributed by atoms with Crippen LogP contribution in [-0.2, 0) is 14.2 Å². The van der Waals surface area contributed by atoms with E-state index < -0.39 is 5.60 Å². The van der Waals surface area contributed by atoms with Gasteiger partial charge in [-0.05, 0) is 52.9 Å². The summed E-state index contributed by atoms with van der Waals surface area (Å²) in [5.74, 6) is 0.276. The first-order valence-electron chi connectivity index (χ1n) is 9.03. The zero-order valence-electron chi connectivity index (χ0n) is 15.2. The minimum absolute atomic E-state index is 0.163. The van der Waals surface area contributed by atoms with Gasteiger partial charge in [-0.1, -0.05) is 12.8 Å². The Balaban J connectivity index is 1.56. The van der Waals surface area contributed by atoms with Crippen LogP contribution in [0.15, 0.2) is 0 Å². The van der Waals surface area contributed by atoms with Crippen LogP contribution in [0, 0.1) is 5.92 Å². The van der Waals surface area contributed by atoms with Gasteiger partial charge in [0.1, 0.15) is 5.60 Å². The Kier molecular flexibility index (Phi) is 6.32. The molecule has 2 fully saturated rings. The van der Waals surface area contributed by atoms with Crippen molar-refractivity contribution in [2.24, 2.45) is 5.92 Å². The number of unbranched alkanes of at least 4 members (excludes halogenated alkanes) is 2. The highest BCUT2D eigenvalue weighted by molar-refractivity contribution is 5.68. The van der Waals surface area contributed by atoms with Crippen molar-refractivity contribution in [3.63, 3.8) is 0 Å². The van der Waals surface area contributed by atoms with Crippen molar-refractivity contribution in [2.75, 3.05) is 26.3 Å². The third-order valence-electron chi connectivity index (χ3n) is 4.58. The zero-order chi connectivity index (χ0) is 16.9. The quantitative estimate of drug-likeness (QED) is 0.693. The van der Waals surface area contributed by atoms with Gasteiger partial charge in [0.25, 0.3) is 0 Å². The van der Waals surface area contributed by atoms with Crippen molar-refractivity contribution in [2.45, 2.75) is 77.6 Å². The van der Waals surface area contributed by atoms with E-state index in [4.69, 9.17) is 14.2 Å². The monoisotopic (exact) mass is 327 g/mol. The maximum absolute atomic E-state index is 12.0. The lowest BCUT2D eigenvalue weighted by Gasteiger charge is -2.24. The van der Waals surface area contributed by atoms with Gasteiger partial charge in [-0.3, -0.25) is 0 Å². The van der Waals surface area contributed by atoms with Crippen LogP contribution in [0.1, 0.15) is 66.2 Å². The summed E-state index contributed by atoms with van der Waals surface area (Å²) < 4.78 is 16.7. The van der Waals surface area contributed by atoms with Gasteiger partial charge in [0.2, 0.25) is 0 Å². The second kappa shape index (κ2) is 7.84. The molecule has 0 radical (unpaired) electrons. The number of likely N-dealkylation sites (tertiary alicyclic amines) is 1. The molecule has 5 heteroatoms. The first-order chi connectivity index (χ1) is 10.8. The van der Waals surface area contributed by atoms with Crippen LogP contribution < -0.4 is 0 Å². The highest BCUT2D eigenvalue weighted by atomic mass is 16.7. The average Bonchev–Trinajstić information content (AvgIpc) is 3.06. The van der Waals surface area contributed by atoms with Crippen molar-refractivity contribution in [3.8, 4) is 0 Å². The molecule has 2 aliphatic rings. The number of nitrogens with zero attached hydrogens (tertiary/aromatic N) is 1. The summed E-state index contributed by atoms with van der Waals surface area (Å²) in [5, 5.41) is 0. The normalized spacial score (nSPS) is 24.2. The maximum atomic E-state index is 12.0. The summed E-state index contributed by atoms with van der Waals surface area (Å²) in [6.45, 7) is 10.9. The molecule has 0 bridgehead atoms. The van der Waals surface area contributed by atoms with Crippen LogP contribution in [0.4, 0.5) is 4.79 Å². The van der Waals surface area contributed by atoms with E-state index in [1.54, 1.807) is 0 Å². The van der Waals surface area contributed by atoms with Crippen molar-refractivity contribution in [1.82, 2.24) is 4.90 Å². The molecule has 0 unspecified atom stereocenters. The lowest BCUT2D eigenvalue weighted by Crippen LogP contribution is -2.35. The third kappa shape index (κ3) is 6.30. The fraction of sp³-hybridized carbons (Fsp3) is 0.944. The fourth-order valence-corrected chi connectivity index (χ4v) is 3.32. The van der Waals surface area contributed by atoms with Crippen LogP contribution in [0.2, 0.25) is 0 Å². The van der Waals surface area contributed by atoms with E-state index >= 15 is 0 Å². The van der Waals surface area contributed by atoms with E-state index in [1.807, 2.05) is 32.6 Å². The van der Waals surface area contributed by atoms with Gasteiger partial charge in [-0.15, -0.1) is 0 Å². The molecule has 2 rings (SSSR count). The summed E-state index contributed by atoms with van der Waals surface area (Å²) in [4.78, 5) is 13.9. The molecule has 0 aromatic rings. The Bertz CT molecular complexity index is 385. The summed E-state index contributed by atoms with van der Waals surface area (Å²) in [5.41, 5.74) is -0.407. The van der Waals surface area contributed by atoms with E-state index in [-0.39, 0.29) is 11.9 Å². The number of amides is 1. The van der Waals surface area contributed by atoms with Crippen molar-refractivity contribution in [3.05, 3.63) is 0 Å². The van der Waals surface area contributed by atoms with Gasteiger partial charge >= 0.3 is 6.09 Å². The Morgan fingerprint density at radius 3 is 2.57 bits per heavy atom. The molecule has 0 N–H and O–H groups in total. The predicted octanol–water partition coefficient (Wildman–Crippen LogP) is 3.96. The second-order valence-corrected chi connectivity index (χ2v) is 8.01. The highest BCUT2D eigenvalue weighted by Crippen LogP contribution is 2.27. The van der Waals surface area contributed by atoms with Gasteiger partial charge in [-0.2, -0.15) is 0 Å². The minimum Gasteiger partial charge on any atom is -0.444 e. The number of hydrogen-bond donors (Lipinski definition) is 0. The smallest absolute Gasteiger partial charge is 0.410 e. The first kappa shape index (κ1) is 18.5. The molecule has 23 heavy (non-hydrogen) atoms. The Morgan fingerprint density at radius 2 is 1.91 bits per heavy atom. The summed E-state index contributed by atoms with van der Waals surface area (Å²) >= 11 is 0. The molecule has 0 aromatic heterocycles. The van der Waals surface area contributed by atoms with E-state index in [1.165, 1.54) is 19.3 Å². The number of hydrogen-bond acceptors (Lipinski definition) is 4. The predicted molar refractivity (Wildman–Crippen MR) is 89.3 cm³/mol. The van der Waals surface area contributed by atoms with Gasteiger partial charge in [-0.25, -0.2) is 4.79 Å². The second-order valence-electron chi connectivity index (χ2n) is 8.01. The summed E-state index contributed by atoms with van der Waals surface area (Å²) in [6, 6.07) is 0. The van der Waals surface area contributed by atoms with Crippen molar-refractivity contribution < 1.29 is 19.0 Å². The maximum Gasteiger partial charge on any atom is 0.410 e. The van der Waals surface area contributed by atoms with Gasteiger partial charge < -0.3 is 19.1 Å². The molecule has 2 saturated heterocycles. The molecule has 1 atom stereocenters. The highest BCUT2D eigenvalue weighted by Gasteiger charge is 2.31. The molecule has 2 aliphatic heterocycles. The number of carbonyl (C=O) groups excluding carboxylic acids is 1. The lowest BCUT2D eigenvalue weighted by atomic mass is 9.99. The summed E-state index contributed by atoms with van der Waals surface area (Å²) in [6.07, 6.45) is 6.65. The Morgan fingerprint density at radius 1 is 1.22 bits per heavy atom. The molecular formula is C18H33NO4.